The third-order valence-electron chi connectivity index (χ3n) is 2.41. The van der Waals surface area contributed by atoms with E-state index >= 15 is 0 Å². The predicted octanol–water partition coefficient (Wildman–Crippen LogP) is 2.47. The second kappa shape index (κ2) is 6.19. The summed E-state index contributed by atoms with van der Waals surface area (Å²) in [5.74, 6) is 0.521. The van der Waals surface area contributed by atoms with Crippen LogP contribution >= 0.6 is 11.3 Å². The van der Waals surface area contributed by atoms with E-state index in [4.69, 9.17) is 14.6 Å². The number of carbonyl (C=O) groups is 1. The summed E-state index contributed by atoms with van der Waals surface area (Å²) in [5, 5.41) is 11.0. The molecule has 5 nitrogen and oxygen atoms in total. The van der Waals surface area contributed by atoms with Crippen LogP contribution in [-0.4, -0.2) is 29.8 Å². The molecular weight excluding hydrogens is 266 g/mol. The fraction of sp³-hybridized carbons (Fsp3) is 0.231. The third-order valence-corrected chi connectivity index (χ3v) is 3.32. The van der Waals surface area contributed by atoms with Gasteiger partial charge >= 0.3 is 5.97 Å². The minimum Gasteiger partial charge on any atom is -0.497 e. The zero-order valence-corrected chi connectivity index (χ0v) is 11.1. The summed E-state index contributed by atoms with van der Waals surface area (Å²) in [6.07, 6.45) is 0.587. The van der Waals surface area contributed by atoms with Gasteiger partial charge in [-0.15, -0.1) is 11.3 Å². The van der Waals surface area contributed by atoms with E-state index in [9.17, 15) is 4.79 Å². The highest BCUT2D eigenvalue weighted by atomic mass is 32.1. The van der Waals surface area contributed by atoms with Crippen molar-refractivity contribution in [2.24, 2.45) is 0 Å². The topological polar surface area (TPSA) is 68.7 Å². The smallest absolute Gasteiger partial charge is 0.355 e. The summed E-state index contributed by atoms with van der Waals surface area (Å²) in [7, 11) is 1.61. The van der Waals surface area contributed by atoms with Crippen LogP contribution < -0.4 is 9.47 Å². The average molecular weight is 279 g/mol. The molecule has 1 aromatic heterocycles. The van der Waals surface area contributed by atoms with Gasteiger partial charge in [0, 0.05) is 11.8 Å². The van der Waals surface area contributed by atoms with Crippen LogP contribution in [0.5, 0.6) is 11.5 Å². The van der Waals surface area contributed by atoms with Crippen LogP contribution in [0.3, 0.4) is 0 Å². The molecule has 6 heteroatoms. The zero-order chi connectivity index (χ0) is 13.7. The van der Waals surface area contributed by atoms with E-state index in [0.717, 1.165) is 16.5 Å². The van der Waals surface area contributed by atoms with E-state index in [1.165, 1.54) is 16.7 Å². The molecule has 19 heavy (non-hydrogen) atoms. The van der Waals surface area contributed by atoms with Crippen LogP contribution in [0.4, 0.5) is 0 Å². The molecule has 0 aliphatic carbocycles. The van der Waals surface area contributed by atoms with Gasteiger partial charge in [-0.05, 0) is 24.3 Å². The van der Waals surface area contributed by atoms with E-state index in [2.05, 4.69) is 4.98 Å². The molecule has 1 aromatic carbocycles. The van der Waals surface area contributed by atoms with Crippen molar-refractivity contribution >= 4 is 17.3 Å². The van der Waals surface area contributed by atoms with Gasteiger partial charge in [0.25, 0.3) is 0 Å². The molecule has 0 bridgehead atoms. The van der Waals surface area contributed by atoms with Crippen molar-refractivity contribution in [3.63, 3.8) is 0 Å². The summed E-state index contributed by atoms with van der Waals surface area (Å²) in [4.78, 5) is 14.7. The van der Waals surface area contributed by atoms with Gasteiger partial charge in [-0.2, -0.15) is 0 Å². The van der Waals surface area contributed by atoms with Crippen LogP contribution in [0.1, 0.15) is 15.5 Å². The van der Waals surface area contributed by atoms with E-state index in [1.54, 1.807) is 7.11 Å². The largest absolute Gasteiger partial charge is 0.497 e. The molecule has 1 heterocycles. The molecule has 0 saturated carbocycles. The Labute approximate surface area is 114 Å². The number of carboxylic acids is 1. The number of ether oxygens (including phenoxy) is 2. The molecular formula is C13H13NO4S. The quantitative estimate of drug-likeness (QED) is 0.879. The van der Waals surface area contributed by atoms with Crippen molar-refractivity contribution in [1.29, 1.82) is 0 Å². The van der Waals surface area contributed by atoms with Crippen molar-refractivity contribution < 1.29 is 19.4 Å². The van der Waals surface area contributed by atoms with E-state index in [-0.39, 0.29) is 5.69 Å². The fourth-order valence-electron chi connectivity index (χ4n) is 1.45. The summed E-state index contributed by atoms with van der Waals surface area (Å²) in [5.41, 5.74) is 0.0875. The second-order valence-electron chi connectivity index (χ2n) is 3.71. The molecule has 0 radical (unpaired) electrons. The molecule has 0 spiro atoms. The van der Waals surface area contributed by atoms with Gasteiger partial charge in [0.1, 0.15) is 11.5 Å². The van der Waals surface area contributed by atoms with Crippen molar-refractivity contribution in [2.45, 2.75) is 6.42 Å². The first kappa shape index (κ1) is 13.4. The monoisotopic (exact) mass is 279 g/mol. The number of hydrogen-bond acceptors (Lipinski definition) is 5. The van der Waals surface area contributed by atoms with Gasteiger partial charge in [0.2, 0.25) is 0 Å². The third kappa shape index (κ3) is 3.69. The number of rotatable bonds is 6. The van der Waals surface area contributed by atoms with Gasteiger partial charge in [0.15, 0.2) is 5.69 Å². The van der Waals surface area contributed by atoms with Crippen LogP contribution in [0.25, 0.3) is 0 Å². The number of methoxy groups -OCH3 is 1. The fourth-order valence-corrected chi connectivity index (χ4v) is 2.21. The van der Waals surface area contributed by atoms with Crippen LogP contribution in [-0.2, 0) is 6.42 Å². The highest BCUT2D eigenvalue weighted by Gasteiger charge is 2.08. The Morgan fingerprint density at radius 1 is 1.32 bits per heavy atom. The maximum absolute atomic E-state index is 10.7. The standard InChI is InChI=1S/C13H13NO4S/c1-17-9-2-4-10(5-3-9)18-7-6-12-14-11(8-19-12)13(15)16/h2-5,8H,6-7H2,1H3,(H,15,16). The van der Waals surface area contributed by atoms with E-state index < -0.39 is 5.97 Å². The summed E-state index contributed by atoms with van der Waals surface area (Å²) < 4.78 is 10.6. The Balaban J connectivity index is 1.83. The minimum atomic E-state index is -1.00. The molecule has 0 aliphatic rings. The van der Waals surface area contributed by atoms with E-state index in [0.29, 0.717) is 13.0 Å². The second-order valence-corrected chi connectivity index (χ2v) is 4.65. The molecule has 0 amide bonds. The Bertz CT molecular complexity index is 550. The Morgan fingerprint density at radius 3 is 2.58 bits per heavy atom. The Morgan fingerprint density at radius 2 is 2.00 bits per heavy atom. The average Bonchev–Trinajstić information content (AvgIpc) is 2.89. The Kier molecular flexibility index (Phi) is 4.35. The van der Waals surface area contributed by atoms with Crippen molar-refractivity contribution in [1.82, 2.24) is 4.98 Å². The van der Waals surface area contributed by atoms with Gasteiger partial charge in [0.05, 0.1) is 18.7 Å². The molecule has 2 aromatic rings. The van der Waals surface area contributed by atoms with Crippen molar-refractivity contribution in [3.8, 4) is 11.5 Å². The molecule has 0 aliphatic heterocycles. The lowest BCUT2D eigenvalue weighted by Crippen LogP contribution is -2.02. The molecule has 0 unspecified atom stereocenters. The number of aromatic nitrogens is 1. The molecule has 0 fully saturated rings. The molecule has 1 N–H and O–H groups in total. The lowest BCUT2D eigenvalue weighted by Gasteiger charge is -2.05. The minimum absolute atomic E-state index is 0.0875. The lowest BCUT2D eigenvalue weighted by atomic mass is 10.3. The van der Waals surface area contributed by atoms with Crippen molar-refractivity contribution in [2.75, 3.05) is 13.7 Å². The van der Waals surface area contributed by atoms with Crippen LogP contribution in [0.2, 0.25) is 0 Å². The van der Waals surface area contributed by atoms with Crippen LogP contribution in [0, 0.1) is 0 Å². The van der Waals surface area contributed by atoms with Crippen molar-refractivity contribution in [3.05, 3.63) is 40.3 Å². The molecule has 100 valence electrons. The number of benzene rings is 1. The van der Waals surface area contributed by atoms with Gasteiger partial charge < -0.3 is 14.6 Å². The maximum atomic E-state index is 10.7. The molecule has 2 rings (SSSR count). The van der Waals surface area contributed by atoms with E-state index in [1.807, 2.05) is 24.3 Å². The summed E-state index contributed by atoms with van der Waals surface area (Å²) >= 11 is 1.33. The number of nitrogens with zero attached hydrogens (tertiary/aromatic N) is 1. The highest BCUT2D eigenvalue weighted by molar-refractivity contribution is 7.09. The number of thiazole rings is 1. The lowest BCUT2D eigenvalue weighted by molar-refractivity contribution is 0.0691. The van der Waals surface area contributed by atoms with Crippen LogP contribution in [0.15, 0.2) is 29.6 Å². The highest BCUT2D eigenvalue weighted by Crippen LogP contribution is 2.17. The number of carboxylic acid groups (broad SMARTS) is 1. The number of aromatic carboxylic acids is 1. The van der Waals surface area contributed by atoms with Gasteiger partial charge in [-0.25, -0.2) is 9.78 Å². The first-order valence-electron chi connectivity index (χ1n) is 5.63. The summed E-state index contributed by atoms with van der Waals surface area (Å²) in [6.45, 7) is 0.457. The maximum Gasteiger partial charge on any atom is 0.355 e. The zero-order valence-electron chi connectivity index (χ0n) is 10.3. The summed E-state index contributed by atoms with van der Waals surface area (Å²) in [6, 6.07) is 7.29. The first-order chi connectivity index (χ1) is 9.19. The SMILES string of the molecule is COc1ccc(OCCc2nc(C(=O)O)cs2)cc1. The molecule has 0 atom stereocenters. The van der Waals surface area contributed by atoms with Gasteiger partial charge in [-0.3, -0.25) is 0 Å². The molecule has 0 saturated heterocycles. The number of hydrogen-bond donors (Lipinski definition) is 1. The Hall–Kier alpha value is -2.08. The normalized spacial score (nSPS) is 10.2. The van der Waals surface area contributed by atoms with Gasteiger partial charge in [-0.1, -0.05) is 0 Å². The predicted molar refractivity (Wildman–Crippen MR) is 71.3 cm³/mol. The first-order valence-corrected chi connectivity index (χ1v) is 6.51.